The van der Waals surface area contributed by atoms with Crippen LogP contribution >= 0.6 is 15.9 Å². The summed E-state index contributed by atoms with van der Waals surface area (Å²) in [6.45, 7) is 7.08. The van der Waals surface area contributed by atoms with E-state index in [0.717, 1.165) is 47.3 Å². The second-order valence-corrected chi connectivity index (χ2v) is 6.42. The Morgan fingerprint density at radius 3 is 2.75 bits per heavy atom. The van der Waals surface area contributed by atoms with Gasteiger partial charge in [-0.25, -0.2) is 0 Å². The molecule has 0 amide bonds. The van der Waals surface area contributed by atoms with Crippen LogP contribution in [0.2, 0.25) is 0 Å². The Balaban J connectivity index is 1.97. The Morgan fingerprint density at radius 1 is 1.40 bits per heavy atom. The first-order chi connectivity index (χ1) is 9.65. The van der Waals surface area contributed by atoms with E-state index in [1.807, 2.05) is 0 Å². The lowest BCUT2D eigenvalue weighted by Crippen LogP contribution is -2.17. The largest absolute Gasteiger partial charge is 0.493 e. The first-order valence-corrected chi connectivity index (χ1v) is 8.15. The molecule has 20 heavy (non-hydrogen) atoms. The van der Waals surface area contributed by atoms with Crippen LogP contribution in [-0.4, -0.2) is 20.3 Å². The van der Waals surface area contributed by atoms with E-state index in [4.69, 9.17) is 9.47 Å². The molecule has 2 rings (SSSR count). The van der Waals surface area contributed by atoms with Crippen molar-refractivity contribution in [3.05, 3.63) is 22.2 Å². The SMILES string of the molecule is CCCOc1c(Br)cc(CNCC2CC2C)cc1OC. The zero-order chi connectivity index (χ0) is 14.5. The molecule has 1 aromatic rings. The molecule has 1 aliphatic carbocycles. The van der Waals surface area contributed by atoms with Crippen LogP contribution in [-0.2, 0) is 6.54 Å². The Kier molecular flexibility index (Phi) is 5.73. The summed E-state index contributed by atoms with van der Waals surface area (Å²) >= 11 is 3.58. The lowest BCUT2D eigenvalue weighted by molar-refractivity contribution is 0.292. The van der Waals surface area contributed by atoms with Gasteiger partial charge >= 0.3 is 0 Å². The summed E-state index contributed by atoms with van der Waals surface area (Å²) in [5.74, 6) is 3.36. The molecule has 1 N–H and O–H groups in total. The standard InChI is InChI=1S/C16H24BrNO2/c1-4-5-20-16-14(17)7-12(8-15(16)19-3)9-18-10-13-6-11(13)2/h7-8,11,13,18H,4-6,9-10H2,1-3H3. The lowest BCUT2D eigenvalue weighted by atomic mass is 10.2. The molecule has 4 heteroatoms. The summed E-state index contributed by atoms with van der Waals surface area (Å²) in [5.41, 5.74) is 1.21. The fourth-order valence-corrected chi connectivity index (χ4v) is 2.91. The molecular formula is C16H24BrNO2. The Labute approximate surface area is 130 Å². The van der Waals surface area contributed by atoms with Crippen molar-refractivity contribution in [3.63, 3.8) is 0 Å². The van der Waals surface area contributed by atoms with E-state index >= 15 is 0 Å². The van der Waals surface area contributed by atoms with E-state index in [2.05, 4.69) is 47.2 Å². The third kappa shape index (κ3) is 4.13. The molecule has 3 nitrogen and oxygen atoms in total. The zero-order valence-corrected chi connectivity index (χ0v) is 14.1. The van der Waals surface area contributed by atoms with Crippen molar-refractivity contribution < 1.29 is 9.47 Å². The zero-order valence-electron chi connectivity index (χ0n) is 12.5. The van der Waals surface area contributed by atoms with Gasteiger partial charge < -0.3 is 14.8 Å². The van der Waals surface area contributed by atoms with E-state index in [0.29, 0.717) is 6.61 Å². The molecule has 1 saturated carbocycles. The summed E-state index contributed by atoms with van der Waals surface area (Å²) in [7, 11) is 1.68. The molecule has 112 valence electrons. The molecule has 0 aliphatic heterocycles. The van der Waals surface area contributed by atoms with Crippen LogP contribution < -0.4 is 14.8 Å². The highest BCUT2D eigenvalue weighted by Crippen LogP contribution is 2.38. The number of benzene rings is 1. The molecule has 1 fully saturated rings. The maximum Gasteiger partial charge on any atom is 0.175 e. The third-order valence-electron chi connectivity index (χ3n) is 3.75. The van der Waals surface area contributed by atoms with E-state index in [1.54, 1.807) is 7.11 Å². The van der Waals surface area contributed by atoms with Crippen molar-refractivity contribution in [1.29, 1.82) is 0 Å². The summed E-state index contributed by atoms with van der Waals surface area (Å²) in [6, 6.07) is 4.16. The lowest BCUT2D eigenvalue weighted by Gasteiger charge is -2.14. The van der Waals surface area contributed by atoms with Gasteiger partial charge in [-0.3, -0.25) is 0 Å². The number of ether oxygens (including phenoxy) is 2. The molecule has 2 atom stereocenters. The molecular weight excluding hydrogens is 318 g/mol. The number of hydrogen-bond donors (Lipinski definition) is 1. The molecule has 0 aromatic heterocycles. The van der Waals surface area contributed by atoms with Gasteiger partial charge in [0, 0.05) is 6.54 Å². The smallest absolute Gasteiger partial charge is 0.175 e. The highest BCUT2D eigenvalue weighted by molar-refractivity contribution is 9.10. The molecule has 0 bridgehead atoms. The summed E-state index contributed by atoms with van der Waals surface area (Å²) in [6.07, 6.45) is 2.35. The number of halogens is 1. The second kappa shape index (κ2) is 7.32. The topological polar surface area (TPSA) is 30.5 Å². The van der Waals surface area contributed by atoms with Crippen molar-refractivity contribution in [2.24, 2.45) is 11.8 Å². The fraction of sp³-hybridized carbons (Fsp3) is 0.625. The first kappa shape index (κ1) is 15.6. The van der Waals surface area contributed by atoms with Crippen LogP contribution in [0.1, 0.15) is 32.3 Å². The Hall–Kier alpha value is -0.740. The predicted octanol–water partition coefficient (Wildman–Crippen LogP) is 3.99. The highest BCUT2D eigenvalue weighted by atomic mass is 79.9. The van der Waals surface area contributed by atoms with Gasteiger partial charge in [-0.1, -0.05) is 13.8 Å². The Bertz CT molecular complexity index is 450. The van der Waals surface area contributed by atoms with Gasteiger partial charge in [0.2, 0.25) is 0 Å². The van der Waals surface area contributed by atoms with Crippen molar-refractivity contribution in [1.82, 2.24) is 5.32 Å². The number of nitrogens with one attached hydrogen (secondary N) is 1. The Morgan fingerprint density at radius 2 is 2.15 bits per heavy atom. The van der Waals surface area contributed by atoms with Gasteiger partial charge in [-0.05, 0) is 64.8 Å². The molecule has 0 heterocycles. The van der Waals surface area contributed by atoms with Crippen LogP contribution in [0.3, 0.4) is 0 Å². The van der Waals surface area contributed by atoms with Crippen LogP contribution in [0, 0.1) is 11.8 Å². The fourth-order valence-electron chi connectivity index (χ4n) is 2.30. The molecule has 0 spiro atoms. The van der Waals surface area contributed by atoms with Gasteiger partial charge in [0.05, 0.1) is 18.2 Å². The average Bonchev–Trinajstić information content (AvgIpc) is 3.13. The van der Waals surface area contributed by atoms with Crippen molar-refractivity contribution in [2.75, 3.05) is 20.3 Å². The minimum Gasteiger partial charge on any atom is -0.493 e. The number of rotatable bonds is 8. The summed E-state index contributed by atoms with van der Waals surface area (Å²) in [4.78, 5) is 0. The minimum atomic E-state index is 0.701. The molecule has 0 saturated heterocycles. The van der Waals surface area contributed by atoms with Gasteiger partial charge in [0.1, 0.15) is 0 Å². The molecule has 0 radical (unpaired) electrons. The number of methoxy groups -OCH3 is 1. The third-order valence-corrected chi connectivity index (χ3v) is 4.34. The van der Waals surface area contributed by atoms with Crippen LogP contribution in [0.5, 0.6) is 11.5 Å². The van der Waals surface area contributed by atoms with Crippen LogP contribution in [0.4, 0.5) is 0 Å². The quantitative estimate of drug-likeness (QED) is 0.775. The van der Waals surface area contributed by atoms with Gasteiger partial charge in [0.15, 0.2) is 11.5 Å². The average molecular weight is 342 g/mol. The van der Waals surface area contributed by atoms with E-state index in [-0.39, 0.29) is 0 Å². The monoisotopic (exact) mass is 341 g/mol. The molecule has 1 aromatic carbocycles. The predicted molar refractivity (Wildman–Crippen MR) is 85.5 cm³/mol. The van der Waals surface area contributed by atoms with Crippen molar-refractivity contribution in [2.45, 2.75) is 33.2 Å². The van der Waals surface area contributed by atoms with Gasteiger partial charge in [-0.15, -0.1) is 0 Å². The van der Waals surface area contributed by atoms with Crippen LogP contribution in [0.15, 0.2) is 16.6 Å². The summed E-state index contributed by atoms with van der Waals surface area (Å²) in [5, 5.41) is 3.52. The summed E-state index contributed by atoms with van der Waals surface area (Å²) < 4.78 is 12.1. The second-order valence-electron chi connectivity index (χ2n) is 5.56. The van der Waals surface area contributed by atoms with E-state index in [1.165, 1.54) is 12.0 Å². The van der Waals surface area contributed by atoms with Gasteiger partial charge in [-0.2, -0.15) is 0 Å². The van der Waals surface area contributed by atoms with Crippen molar-refractivity contribution >= 4 is 15.9 Å². The molecule has 2 unspecified atom stereocenters. The first-order valence-electron chi connectivity index (χ1n) is 7.35. The van der Waals surface area contributed by atoms with E-state index in [9.17, 15) is 0 Å². The molecule has 1 aliphatic rings. The highest BCUT2D eigenvalue weighted by Gasteiger charge is 2.31. The number of hydrogen-bond acceptors (Lipinski definition) is 3. The van der Waals surface area contributed by atoms with Crippen LogP contribution in [0.25, 0.3) is 0 Å². The maximum absolute atomic E-state index is 5.74. The van der Waals surface area contributed by atoms with Crippen molar-refractivity contribution in [3.8, 4) is 11.5 Å². The minimum absolute atomic E-state index is 0.701. The van der Waals surface area contributed by atoms with Gasteiger partial charge in [0.25, 0.3) is 0 Å². The van der Waals surface area contributed by atoms with E-state index < -0.39 is 0 Å². The maximum atomic E-state index is 5.74. The normalized spacial score (nSPS) is 20.8.